The Morgan fingerprint density at radius 2 is 2.17 bits per heavy atom. The summed E-state index contributed by atoms with van der Waals surface area (Å²) in [4.78, 5) is 11.0. The summed E-state index contributed by atoms with van der Waals surface area (Å²) >= 11 is 0. The summed E-state index contributed by atoms with van der Waals surface area (Å²) < 4.78 is 0. The highest BCUT2D eigenvalue weighted by Gasteiger charge is 2.11. The Morgan fingerprint density at radius 3 is 2.58 bits per heavy atom. The second-order valence-electron chi connectivity index (χ2n) is 2.84. The minimum Gasteiger partial charge on any atom is -0.330 e. The quantitative estimate of drug-likeness (QED) is 0.368. The highest BCUT2D eigenvalue weighted by Crippen LogP contribution is 2.00. The van der Waals surface area contributed by atoms with Crippen LogP contribution in [0.3, 0.4) is 0 Å². The van der Waals surface area contributed by atoms with E-state index in [4.69, 9.17) is 5.73 Å². The lowest BCUT2D eigenvalue weighted by molar-refractivity contribution is -0.119. The van der Waals surface area contributed by atoms with Gasteiger partial charge in [-0.3, -0.25) is 10.2 Å². The molecule has 4 heteroatoms. The summed E-state index contributed by atoms with van der Waals surface area (Å²) in [6, 6.07) is -0.0680. The van der Waals surface area contributed by atoms with Gasteiger partial charge < -0.3 is 5.73 Å². The number of rotatable bonds is 7. The van der Waals surface area contributed by atoms with Gasteiger partial charge in [-0.25, -0.2) is 5.43 Å². The van der Waals surface area contributed by atoms with Gasteiger partial charge in [-0.2, -0.15) is 0 Å². The Bertz CT molecular complexity index is 127. The maximum atomic E-state index is 11.0. The normalized spacial score (nSPS) is 12.9. The summed E-state index contributed by atoms with van der Waals surface area (Å²) in [6.07, 6.45) is 2.83. The standard InChI is InChI=1S/C8H19N3O/c1-7(12)8(11-10-2)5-3-4-6-9/h8,10-11H,3-6,9H2,1-2H3/t8-/m0/s1. The third-order valence-corrected chi connectivity index (χ3v) is 1.76. The lowest BCUT2D eigenvalue weighted by Crippen LogP contribution is -2.42. The van der Waals surface area contributed by atoms with E-state index in [1.807, 2.05) is 0 Å². The van der Waals surface area contributed by atoms with E-state index in [1.54, 1.807) is 14.0 Å². The second-order valence-corrected chi connectivity index (χ2v) is 2.84. The molecule has 0 unspecified atom stereocenters. The highest BCUT2D eigenvalue weighted by molar-refractivity contribution is 5.81. The first kappa shape index (κ1) is 11.6. The van der Waals surface area contributed by atoms with Gasteiger partial charge in [0.05, 0.1) is 6.04 Å². The van der Waals surface area contributed by atoms with Crippen molar-refractivity contribution >= 4 is 5.78 Å². The zero-order chi connectivity index (χ0) is 9.40. The minimum atomic E-state index is -0.0680. The maximum Gasteiger partial charge on any atom is 0.148 e. The van der Waals surface area contributed by atoms with Gasteiger partial charge in [-0.1, -0.05) is 6.42 Å². The molecule has 72 valence electrons. The summed E-state index contributed by atoms with van der Waals surface area (Å²) in [7, 11) is 1.76. The van der Waals surface area contributed by atoms with Gasteiger partial charge in [-0.15, -0.1) is 0 Å². The molecule has 0 aromatic rings. The number of hydrogen-bond acceptors (Lipinski definition) is 4. The first-order valence-electron chi connectivity index (χ1n) is 4.35. The highest BCUT2D eigenvalue weighted by atomic mass is 16.1. The predicted molar refractivity (Wildman–Crippen MR) is 49.6 cm³/mol. The molecule has 0 fully saturated rings. The molecule has 0 aliphatic rings. The first-order valence-corrected chi connectivity index (χ1v) is 4.35. The number of Topliss-reactive ketones (excluding diaryl/α,β-unsaturated/α-hetero) is 1. The molecular formula is C8H19N3O. The van der Waals surface area contributed by atoms with Crippen LogP contribution in [-0.2, 0) is 4.79 Å². The van der Waals surface area contributed by atoms with Crippen molar-refractivity contribution in [2.24, 2.45) is 5.73 Å². The summed E-state index contributed by atoms with van der Waals surface area (Å²) in [6.45, 7) is 2.29. The van der Waals surface area contributed by atoms with Crippen molar-refractivity contribution in [1.29, 1.82) is 0 Å². The molecule has 0 heterocycles. The van der Waals surface area contributed by atoms with E-state index >= 15 is 0 Å². The van der Waals surface area contributed by atoms with Crippen molar-refractivity contribution in [3.05, 3.63) is 0 Å². The number of ketones is 1. The molecule has 0 saturated heterocycles. The van der Waals surface area contributed by atoms with Crippen LogP contribution in [0.25, 0.3) is 0 Å². The molecular weight excluding hydrogens is 154 g/mol. The van der Waals surface area contributed by atoms with Crippen LogP contribution in [0.2, 0.25) is 0 Å². The smallest absolute Gasteiger partial charge is 0.148 e. The van der Waals surface area contributed by atoms with Crippen molar-refractivity contribution in [3.63, 3.8) is 0 Å². The number of unbranched alkanes of at least 4 members (excludes halogenated alkanes) is 1. The van der Waals surface area contributed by atoms with Gasteiger partial charge in [0.1, 0.15) is 5.78 Å². The van der Waals surface area contributed by atoms with E-state index in [0.717, 1.165) is 19.3 Å². The molecule has 0 aliphatic carbocycles. The molecule has 0 aromatic carbocycles. The predicted octanol–water partition coefficient (Wildman–Crippen LogP) is -0.203. The SMILES string of the molecule is CNN[C@@H](CCCCN)C(C)=O. The Balaban J connectivity index is 3.56. The van der Waals surface area contributed by atoms with E-state index in [1.165, 1.54) is 0 Å². The van der Waals surface area contributed by atoms with Crippen LogP contribution in [0.5, 0.6) is 0 Å². The van der Waals surface area contributed by atoms with E-state index in [0.29, 0.717) is 6.54 Å². The van der Waals surface area contributed by atoms with Crippen molar-refractivity contribution in [2.45, 2.75) is 32.2 Å². The molecule has 0 bridgehead atoms. The van der Waals surface area contributed by atoms with Crippen LogP contribution in [0.15, 0.2) is 0 Å². The summed E-state index contributed by atoms with van der Waals surface area (Å²) in [5.74, 6) is 0.168. The number of hydrogen-bond donors (Lipinski definition) is 3. The zero-order valence-electron chi connectivity index (χ0n) is 7.89. The molecule has 0 amide bonds. The number of nitrogens with two attached hydrogens (primary N) is 1. The van der Waals surface area contributed by atoms with Crippen molar-refractivity contribution < 1.29 is 4.79 Å². The average molecular weight is 173 g/mol. The summed E-state index contributed by atoms with van der Waals surface area (Å²) in [5.41, 5.74) is 11.0. The third-order valence-electron chi connectivity index (χ3n) is 1.76. The van der Waals surface area contributed by atoms with Gasteiger partial charge in [0.15, 0.2) is 0 Å². The topological polar surface area (TPSA) is 67.2 Å². The monoisotopic (exact) mass is 173 g/mol. The Hall–Kier alpha value is -0.450. The average Bonchev–Trinajstić information content (AvgIpc) is 2.03. The fourth-order valence-electron chi connectivity index (χ4n) is 1.04. The Labute approximate surface area is 73.9 Å². The van der Waals surface area contributed by atoms with E-state index < -0.39 is 0 Å². The van der Waals surface area contributed by atoms with Crippen molar-refractivity contribution in [1.82, 2.24) is 10.9 Å². The lowest BCUT2D eigenvalue weighted by Gasteiger charge is -2.13. The van der Waals surface area contributed by atoms with Crippen LogP contribution in [-0.4, -0.2) is 25.4 Å². The molecule has 0 aliphatic heterocycles. The molecule has 0 saturated carbocycles. The molecule has 1 atom stereocenters. The Kier molecular flexibility index (Phi) is 6.94. The second kappa shape index (κ2) is 7.21. The number of carbonyl (C=O) groups excluding carboxylic acids is 1. The summed E-state index contributed by atoms with van der Waals surface area (Å²) in [5, 5.41) is 0. The molecule has 0 aromatic heterocycles. The zero-order valence-corrected chi connectivity index (χ0v) is 7.89. The van der Waals surface area contributed by atoms with Crippen LogP contribution in [0.1, 0.15) is 26.2 Å². The van der Waals surface area contributed by atoms with Gasteiger partial charge in [0.2, 0.25) is 0 Å². The molecule has 0 spiro atoms. The van der Waals surface area contributed by atoms with Crippen molar-refractivity contribution in [3.8, 4) is 0 Å². The van der Waals surface area contributed by atoms with Crippen molar-refractivity contribution in [2.75, 3.05) is 13.6 Å². The Morgan fingerprint density at radius 1 is 1.50 bits per heavy atom. The molecule has 0 rings (SSSR count). The van der Waals surface area contributed by atoms with Gasteiger partial charge in [-0.05, 0) is 33.4 Å². The van der Waals surface area contributed by atoms with Crippen LogP contribution in [0, 0.1) is 0 Å². The third kappa shape index (κ3) is 5.23. The molecule has 12 heavy (non-hydrogen) atoms. The lowest BCUT2D eigenvalue weighted by atomic mass is 10.1. The van der Waals surface area contributed by atoms with E-state index in [9.17, 15) is 4.79 Å². The first-order chi connectivity index (χ1) is 5.72. The number of nitrogens with one attached hydrogen (secondary N) is 2. The fourth-order valence-corrected chi connectivity index (χ4v) is 1.04. The minimum absolute atomic E-state index is 0.0680. The fraction of sp³-hybridized carbons (Fsp3) is 0.875. The van der Waals surface area contributed by atoms with Crippen LogP contribution >= 0.6 is 0 Å². The molecule has 4 N–H and O–H groups in total. The van der Waals surface area contributed by atoms with Gasteiger partial charge in [0.25, 0.3) is 0 Å². The molecule has 0 radical (unpaired) electrons. The van der Waals surface area contributed by atoms with E-state index in [2.05, 4.69) is 10.9 Å². The van der Waals surface area contributed by atoms with Crippen LogP contribution in [0.4, 0.5) is 0 Å². The van der Waals surface area contributed by atoms with E-state index in [-0.39, 0.29) is 11.8 Å². The largest absolute Gasteiger partial charge is 0.330 e. The number of carbonyl (C=O) groups is 1. The van der Waals surface area contributed by atoms with Crippen LogP contribution < -0.4 is 16.6 Å². The van der Waals surface area contributed by atoms with Gasteiger partial charge in [0, 0.05) is 0 Å². The maximum absolute atomic E-state index is 11.0. The molecule has 4 nitrogen and oxygen atoms in total. The number of hydrazine groups is 1. The van der Waals surface area contributed by atoms with Gasteiger partial charge >= 0.3 is 0 Å².